The van der Waals surface area contributed by atoms with Gasteiger partial charge in [-0.15, -0.1) is 0 Å². The molecule has 0 aromatic heterocycles. The van der Waals surface area contributed by atoms with Crippen molar-refractivity contribution in [2.45, 2.75) is 38.5 Å². The summed E-state index contributed by atoms with van der Waals surface area (Å²) in [5, 5.41) is 21.5. The third-order valence-electron chi connectivity index (χ3n) is 2.71. The van der Waals surface area contributed by atoms with Crippen LogP contribution in [0.25, 0.3) is 0 Å². The zero-order valence-electron chi connectivity index (χ0n) is 13.0. The summed E-state index contributed by atoms with van der Waals surface area (Å²) in [7, 11) is 1.50. The minimum Gasteiger partial charge on any atom is -0.497 e. The number of amides is 1. The van der Waals surface area contributed by atoms with Gasteiger partial charge in [-0.1, -0.05) is 12.1 Å². The van der Waals surface area contributed by atoms with E-state index in [1.807, 2.05) is 0 Å². The van der Waals surface area contributed by atoms with Crippen LogP contribution in [0.3, 0.4) is 0 Å². The van der Waals surface area contributed by atoms with E-state index in [9.17, 15) is 19.8 Å². The Morgan fingerprint density at radius 1 is 1.18 bits per heavy atom. The topological polar surface area (TPSA) is 105 Å². The average Bonchev–Trinajstić information content (AvgIpc) is 2.42. The summed E-state index contributed by atoms with van der Waals surface area (Å²) in [5.74, 6) is -0.794. The molecule has 0 aliphatic rings. The highest BCUT2D eigenvalue weighted by Gasteiger charge is 2.31. The van der Waals surface area contributed by atoms with Crippen molar-refractivity contribution in [3.63, 3.8) is 0 Å². The average molecular weight is 311 g/mol. The smallest absolute Gasteiger partial charge is 0.408 e. The van der Waals surface area contributed by atoms with Crippen LogP contribution in [0.15, 0.2) is 24.3 Å². The summed E-state index contributed by atoms with van der Waals surface area (Å²) in [6.07, 6.45) is -2.33. The molecule has 1 amide bonds. The van der Waals surface area contributed by atoms with Gasteiger partial charge >= 0.3 is 12.1 Å². The molecule has 122 valence electrons. The lowest BCUT2D eigenvalue weighted by Crippen LogP contribution is -2.46. The van der Waals surface area contributed by atoms with E-state index in [1.165, 1.54) is 19.2 Å². The first kappa shape index (κ1) is 17.8. The molecule has 1 aromatic carbocycles. The van der Waals surface area contributed by atoms with Crippen LogP contribution in [0.4, 0.5) is 4.79 Å². The fraction of sp³-hybridized carbons (Fsp3) is 0.467. The number of carboxylic acids is 1. The van der Waals surface area contributed by atoms with Crippen LogP contribution < -0.4 is 10.1 Å². The Labute approximate surface area is 128 Å². The van der Waals surface area contributed by atoms with E-state index in [4.69, 9.17) is 9.47 Å². The minimum atomic E-state index is -1.52. The molecule has 0 bridgehead atoms. The largest absolute Gasteiger partial charge is 0.497 e. The Morgan fingerprint density at radius 3 is 2.14 bits per heavy atom. The van der Waals surface area contributed by atoms with Crippen LogP contribution in [0.5, 0.6) is 5.75 Å². The molecule has 0 aliphatic carbocycles. The van der Waals surface area contributed by atoms with Crippen LogP contribution in [-0.2, 0) is 9.53 Å². The lowest BCUT2D eigenvalue weighted by Gasteiger charge is -2.24. The molecular formula is C15H21NO6. The van der Waals surface area contributed by atoms with E-state index in [2.05, 4.69) is 5.32 Å². The highest BCUT2D eigenvalue weighted by Crippen LogP contribution is 2.21. The maximum absolute atomic E-state index is 11.7. The molecule has 7 nitrogen and oxygen atoms in total. The second-order valence-corrected chi connectivity index (χ2v) is 5.68. The Morgan fingerprint density at radius 2 is 1.73 bits per heavy atom. The van der Waals surface area contributed by atoms with Crippen molar-refractivity contribution in [2.75, 3.05) is 7.11 Å². The zero-order valence-corrected chi connectivity index (χ0v) is 13.0. The molecule has 1 aromatic rings. The van der Waals surface area contributed by atoms with Crippen molar-refractivity contribution in [1.82, 2.24) is 5.32 Å². The lowest BCUT2D eigenvalue weighted by atomic mass is 10.0. The van der Waals surface area contributed by atoms with Crippen molar-refractivity contribution in [1.29, 1.82) is 0 Å². The fourth-order valence-electron chi connectivity index (χ4n) is 1.70. The number of aliphatic hydroxyl groups excluding tert-OH is 1. The van der Waals surface area contributed by atoms with Gasteiger partial charge in [0, 0.05) is 0 Å². The molecule has 0 aliphatic heterocycles. The summed E-state index contributed by atoms with van der Waals surface area (Å²) in [6.45, 7) is 4.97. The number of benzene rings is 1. The Balaban J connectivity index is 2.85. The number of nitrogens with one attached hydrogen (secondary N) is 1. The number of carbonyl (C=O) groups is 2. The van der Waals surface area contributed by atoms with Gasteiger partial charge in [-0.05, 0) is 38.5 Å². The van der Waals surface area contributed by atoms with Crippen LogP contribution in [-0.4, -0.2) is 41.0 Å². The van der Waals surface area contributed by atoms with E-state index in [1.54, 1.807) is 32.9 Å². The number of ether oxygens (including phenoxy) is 2. The number of hydrogen-bond donors (Lipinski definition) is 3. The maximum atomic E-state index is 11.7. The highest BCUT2D eigenvalue weighted by atomic mass is 16.6. The highest BCUT2D eigenvalue weighted by molar-refractivity contribution is 5.80. The van der Waals surface area contributed by atoms with Gasteiger partial charge in [0.25, 0.3) is 0 Å². The van der Waals surface area contributed by atoms with Crippen LogP contribution in [0, 0.1) is 0 Å². The number of alkyl carbamates (subject to hydrolysis) is 1. The molecule has 22 heavy (non-hydrogen) atoms. The van der Waals surface area contributed by atoms with Gasteiger partial charge in [-0.3, -0.25) is 0 Å². The zero-order chi connectivity index (χ0) is 16.9. The van der Waals surface area contributed by atoms with Crippen molar-refractivity contribution in [3.05, 3.63) is 29.8 Å². The van der Waals surface area contributed by atoms with Crippen LogP contribution >= 0.6 is 0 Å². The molecule has 1 rings (SSSR count). The number of hydrogen-bond acceptors (Lipinski definition) is 5. The van der Waals surface area contributed by atoms with E-state index < -0.39 is 29.8 Å². The van der Waals surface area contributed by atoms with Crippen molar-refractivity contribution < 1.29 is 29.3 Å². The molecule has 0 radical (unpaired) electrons. The second kappa shape index (κ2) is 7.13. The molecule has 0 saturated carbocycles. The first-order valence-electron chi connectivity index (χ1n) is 6.68. The summed E-state index contributed by atoms with van der Waals surface area (Å²) >= 11 is 0. The Hall–Kier alpha value is -2.28. The van der Waals surface area contributed by atoms with Gasteiger partial charge in [0.05, 0.1) is 7.11 Å². The van der Waals surface area contributed by atoms with Gasteiger partial charge in [-0.25, -0.2) is 9.59 Å². The quantitative estimate of drug-likeness (QED) is 0.764. The van der Waals surface area contributed by atoms with Crippen LogP contribution in [0.1, 0.15) is 32.4 Å². The molecule has 0 spiro atoms. The summed E-state index contributed by atoms with van der Waals surface area (Å²) in [6, 6.07) is 4.70. The Bertz CT molecular complexity index is 520. The number of carboxylic acid groups (broad SMARTS) is 1. The molecule has 0 fully saturated rings. The first-order chi connectivity index (χ1) is 10.1. The number of rotatable bonds is 5. The lowest BCUT2D eigenvalue weighted by molar-refractivity contribution is -0.142. The van der Waals surface area contributed by atoms with Crippen LogP contribution in [0.2, 0.25) is 0 Å². The number of aliphatic carboxylic acids is 1. The van der Waals surface area contributed by atoms with Crippen molar-refractivity contribution >= 4 is 12.1 Å². The number of methoxy groups -OCH3 is 1. The van der Waals surface area contributed by atoms with E-state index in [-0.39, 0.29) is 0 Å². The van der Waals surface area contributed by atoms with E-state index >= 15 is 0 Å². The summed E-state index contributed by atoms with van der Waals surface area (Å²) < 4.78 is 9.98. The predicted molar refractivity (Wildman–Crippen MR) is 78.7 cm³/mol. The standard InChI is InChI=1S/C15H21NO6/c1-15(2,3)22-14(20)16-11(13(18)19)12(17)9-5-7-10(21-4)8-6-9/h5-8,11-12,17H,1-4H3,(H,16,20)(H,18,19)/t11-,12+/m0/s1. The van der Waals surface area contributed by atoms with Gasteiger partial charge in [-0.2, -0.15) is 0 Å². The van der Waals surface area contributed by atoms with Crippen molar-refractivity contribution in [3.8, 4) is 5.75 Å². The molecule has 2 atom stereocenters. The second-order valence-electron chi connectivity index (χ2n) is 5.68. The molecule has 0 saturated heterocycles. The SMILES string of the molecule is COc1ccc([C@@H](O)[C@H](NC(=O)OC(C)(C)C)C(=O)O)cc1. The van der Waals surface area contributed by atoms with E-state index in [0.717, 1.165) is 0 Å². The monoisotopic (exact) mass is 311 g/mol. The molecular weight excluding hydrogens is 290 g/mol. The molecule has 0 heterocycles. The first-order valence-corrected chi connectivity index (χ1v) is 6.68. The number of aliphatic hydroxyl groups is 1. The van der Waals surface area contributed by atoms with Gasteiger partial charge in [0.1, 0.15) is 17.5 Å². The predicted octanol–water partition coefficient (Wildman–Crippen LogP) is 1.71. The summed E-state index contributed by atoms with van der Waals surface area (Å²) in [4.78, 5) is 23.0. The number of carbonyl (C=O) groups excluding carboxylic acids is 1. The molecule has 3 N–H and O–H groups in total. The van der Waals surface area contributed by atoms with E-state index in [0.29, 0.717) is 11.3 Å². The summed E-state index contributed by atoms with van der Waals surface area (Å²) in [5.41, 5.74) is -0.428. The normalized spacial score (nSPS) is 13.9. The van der Waals surface area contributed by atoms with Crippen molar-refractivity contribution in [2.24, 2.45) is 0 Å². The minimum absolute atomic E-state index is 0.337. The third kappa shape index (κ3) is 5.25. The van der Waals surface area contributed by atoms with Gasteiger partial charge < -0.3 is 25.0 Å². The molecule has 0 unspecified atom stereocenters. The fourth-order valence-corrected chi connectivity index (χ4v) is 1.70. The Kier molecular flexibility index (Phi) is 5.76. The molecule has 7 heteroatoms. The maximum Gasteiger partial charge on any atom is 0.408 e. The third-order valence-corrected chi connectivity index (χ3v) is 2.71. The van der Waals surface area contributed by atoms with Gasteiger partial charge in [0.2, 0.25) is 0 Å². The van der Waals surface area contributed by atoms with Gasteiger partial charge in [0.15, 0.2) is 6.04 Å².